The number of benzene rings is 1. The quantitative estimate of drug-likeness (QED) is 0.491. The average molecular weight is 267 g/mol. The molecular weight excluding hydrogens is 250 g/mol. The molecule has 3 nitrogen and oxygen atoms in total. The zero-order chi connectivity index (χ0) is 13.9. The van der Waals surface area contributed by atoms with E-state index >= 15 is 0 Å². The van der Waals surface area contributed by atoms with E-state index in [0.29, 0.717) is 5.82 Å². The van der Waals surface area contributed by atoms with Crippen molar-refractivity contribution in [2.75, 3.05) is 5.73 Å². The fourth-order valence-corrected chi connectivity index (χ4v) is 1.95. The number of anilines is 1. The summed E-state index contributed by atoms with van der Waals surface area (Å²) in [6, 6.07) is 7.52. The predicted molar refractivity (Wildman–Crippen MR) is 82.1 cm³/mol. The molecule has 1 aromatic heterocycles. The molecule has 0 atom stereocenters. The van der Waals surface area contributed by atoms with Crippen LogP contribution in [0.25, 0.3) is 11.4 Å². The van der Waals surface area contributed by atoms with Crippen molar-refractivity contribution in [2.24, 2.45) is 0 Å². The van der Waals surface area contributed by atoms with Gasteiger partial charge >= 0.3 is 0 Å². The molecule has 0 spiro atoms. The monoisotopic (exact) mass is 267 g/mol. The largest absolute Gasteiger partial charge is 0.399 e. The van der Waals surface area contributed by atoms with Gasteiger partial charge < -0.3 is 5.73 Å². The zero-order valence-corrected chi connectivity index (χ0v) is 12.4. The molecule has 19 heavy (non-hydrogen) atoms. The topological polar surface area (TPSA) is 51.8 Å². The Balaban J connectivity index is 2.23. The summed E-state index contributed by atoms with van der Waals surface area (Å²) in [6.45, 7) is 6.64. The van der Waals surface area contributed by atoms with Crippen molar-refractivity contribution in [1.29, 1.82) is 0 Å². The first-order chi connectivity index (χ1) is 8.94. The SMILES string of the molecule is C[Si](C)(C)C#Cc1cnc(-c2ccc(N)cc2)nc1. The molecule has 2 N–H and O–H groups in total. The van der Waals surface area contributed by atoms with E-state index in [-0.39, 0.29) is 0 Å². The van der Waals surface area contributed by atoms with Crippen LogP contribution in [-0.4, -0.2) is 18.0 Å². The van der Waals surface area contributed by atoms with Crippen molar-refractivity contribution < 1.29 is 0 Å². The second-order valence-electron chi connectivity index (χ2n) is 5.42. The molecule has 0 saturated carbocycles. The van der Waals surface area contributed by atoms with E-state index in [2.05, 4.69) is 41.1 Å². The van der Waals surface area contributed by atoms with Crippen molar-refractivity contribution in [3.05, 3.63) is 42.2 Å². The Bertz CT molecular complexity index is 614. The summed E-state index contributed by atoms with van der Waals surface area (Å²) in [6.07, 6.45) is 3.54. The van der Waals surface area contributed by atoms with Gasteiger partial charge in [0.25, 0.3) is 0 Å². The molecule has 1 heterocycles. The smallest absolute Gasteiger partial charge is 0.159 e. The third kappa shape index (κ3) is 3.93. The summed E-state index contributed by atoms with van der Waals surface area (Å²) in [5.41, 5.74) is 11.5. The molecule has 0 aliphatic carbocycles. The predicted octanol–water partition coefficient (Wildman–Crippen LogP) is 2.95. The van der Waals surface area contributed by atoms with Crippen LogP contribution in [0, 0.1) is 11.5 Å². The normalized spacial score (nSPS) is 10.7. The molecule has 0 bridgehead atoms. The number of rotatable bonds is 1. The van der Waals surface area contributed by atoms with Crippen LogP contribution in [0.2, 0.25) is 19.6 Å². The van der Waals surface area contributed by atoms with Crippen molar-refractivity contribution in [3.63, 3.8) is 0 Å². The highest BCUT2D eigenvalue weighted by Gasteiger charge is 2.07. The van der Waals surface area contributed by atoms with E-state index in [1.54, 1.807) is 12.4 Å². The van der Waals surface area contributed by atoms with Gasteiger partial charge in [0.05, 0.1) is 5.56 Å². The van der Waals surface area contributed by atoms with Crippen molar-refractivity contribution in [3.8, 4) is 22.9 Å². The lowest BCUT2D eigenvalue weighted by atomic mass is 10.2. The maximum Gasteiger partial charge on any atom is 0.159 e. The highest BCUT2D eigenvalue weighted by Crippen LogP contribution is 2.15. The minimum absolute atomic E-state index is 0.693. The van der Waals surface area contributed by atoms with Crippen LogP contribution < -0.4 is 5.73 Å². The molecule has 0 radical (unpaired) electrons. The van der Waals surface area contributed by atoms with E-state index in [9.17, 15) is 0 Å². The summed E-state index contributed by atoms with van der Waals surface area (Å²) in [5, 5.41) is 0. The highest BCUT2D eigenvalue weighted by atomic mass is 28.3. The maximum absolute atomic E-state index is 5.65. The summed E-state index contributed by atoms with van der Waals surface area (Å²) in [4.78, 5) is 8.68. The number of hydrogen-bond donors (Lipinski definition) is 1. The Hall–Kier alpha value is -2.12. The Morgan fingerprint density at radius 3 is 2.11 bits per heavy atom. The lowest BCUT2D eigenvalue weighted by Crippen LogP contribution is -2.16. The van der Waals surface area contributed by atoms with Crippen LogP contribution in [0.1, 0.15) is 5.56 Å². The van der Waals surface area contributed by atoms with Crippen LogP contribution >= 0.6 is 0 Å². The van der Waals surface area contributed by atoms with Gasteiger partial charge in [-0.2, -0.15) is 0 Å². The van der Waals surface area contributed by atoms with Gasteiger partial charge in [0.15, 0.2) is 5.82 Å². The number of nitrogen functional groups attached to an aromatic ring is 1. The van der Waals surface area contributed by atoms with Crippen LogP contribution in [-0.2, 0) is 0 Å². The summed E-state index contributed by atoms with van der Waals surface area (Å²) in [7, 11) is -1.35. The lowest BCUT2D eigenvalue weighted by Gasteiger charge is -2.03. The van der Waals surface area contributed by atoms with Crippen molar-refractivity contribution >= 4 is 13.8 Å². The molecule has 0 unspecified atom stereocenters. The molecule has 0 amide bonds. The minimum atomic E-state index is -1.35. The van der Waals surface area contributed by atoms with E-state index in [0.717, 1.165) is 16.8 Å². The third-order valence-corrected chi connectivity index (χ3v) is 3.28. The summed E-state index contributed by atoms with van der Waals surface area (Å²) >= 11 is 0. The number of hydrogen-bond acceptors (Lipinski definition) is 3. The van der Waals surface area contributed by atoms with Crippen molar-refractivity contribution in [2.45, 2.75) is 19.6 Å². The first kappa shape index (κ1) is 13.3. The van der Waals surface area contributed by atoms with Gasteiger partial charge in [-0.3, -0.25) is 0 Å². The summed E-state index contributed by atoms with van der Waals surface area (Å²) in [5.74, 6) is 3.83. The van der Waals surface area contributed by atoms with Gasteiger partial charge in [-0.25, -0.2) is 9.97 Å². The average Bonchev–Trinajstić information content (AvgIpc) is 2.37. The Morgan fingerprint density at radius 2 is 1.58 bits per heavy atom. The zero-order valence-electron chi connectivity index (χ0n) is 11.4. The second kappa shape index (κ2) is 5.25. The molecule has 0 saturated heterocycles. The molecule has 0 fully saturated rings. The standard InChI is InChI=1S/C15H17N3Si/c1-19(2,3)9-8-12-10-17-15(18-11-12)13-4-6-14(16)7-5-13/h4-7,10-11H,16H2,1-3H3. The van der Waals surface area contributed by atoms with E-state index in [1.165, 1.54) is 0 Å². The van der Waals surface area contributed by atoms with Crippen LogP contribution in [0.4, 0.5) is 5.69 Å². The minimum Gasteiger partial charge on any atom is -0.399 e. The van der Waals surface area contributed by atoms with Gasteiger partial charge in [-0.05, 0) is 24.3 Å². The fourth-order valence-electron chi connectivity index (χ4n) is 1.43. The Morgan fingerprint density at radius 1 is 1.00 bits per heavy atom. The first-order valence-corrected chi connectivity index (χ1v) is 9.65. The van der Waals surface area contributed by atoms with E-state index in [1.807, 2.05) is 24.3 Å². The molecule has 0 aliphatic heterocycles. The van der Waals surface area contributed by atoms with Crippen LogP contribution in [0.5, 0.6) is 0 Å². The van der Waals surface area contributed by atoms with E-state index < -0.39 is 8.07 Å². The van der Waals surface area contributed by atoms with Gasteiger partial charge in [0.1, 0.15) is 8.07 Å². The molecule has 4 heteroatoms. The lowest BCUT2D eigenvalue weighted by molar-refractivity contribution is 1.16. The third-order valence-electron chi connectivity index (χ3n) is 2.40. The fraction of sp³-hybridized carbons (Fsp3) is 0.200. The first-order valence-electron chi connectivity index (χ1n) is 6.15. The number of nitrogens with two attached hydrogens (primary N) is 1. The van der Waals surface area contributed by atoms with Crippen molar-refractivity contribution in [1.82, 2.24) is 9.97 Å². The molecule has 2 aromatic rings. The van der Waals surface area contributed by atoms with Crippen LogP contribution in [0.3, 0.4) is 0 Å². The van der Waals surface area contributed by atoms with Gasteiger partial charge in [-0.15, -0.1) is 5.54 Å². The summed E-state index contributed by atoms with van der Waals surface area (Å²) < 4.78 is 0. The molecule has 2 rings (SSSR count). The number of nitrogens with zero attached hydrogens (tertiary/aromatic N) is 2. The molecule has 1 aromatic carbocycles. The Labute approximate surface area is 114 Å². The molecular formula is C15H17N3Si. The Kier molecular flexibility index (Phi) is 3.68. The highest BCUT2D eigenvalue weighted by molar-refractivity contribution is 6.83. The maximum atomic E-state index is 5.65. The molecule has 0 aliphatic rings. The van der Waals surface area contributed by atoms with Gasteiger partial charge in [0, 0.05) is 23.6 Å². The van der Waals surface area contributed by atoms with Gasteiger partial charge in [-0.1, -0.05) is 25.6 Å². The van der Waals surface area contributed by atoms with Crippen LogP contribution in [0.15, 0.2) is 36.7 Å². The second-order valence-corrected chi connectivity index (χ2v) is 10.2. The molecule has 96 valence electrons. The van der Waals surface area contributed by atoms with E-state index in [4.69, 9.17) is 5.73 Å². The van der Waals surface area contributed by atoms with Gasteiger partial charge in [0.2, 0.25) is 0 Å². The number of aromatic nitrogens is 2.